The number of nitrogens with zero attached hydrogens (tertiary/aromatic N) is 2. The number of hydrogen-bond acceptors (Lipinski definition) is 4. The van der Waals surface area contributed by atoms with Crippen LogP contribution < -0.4 is 0 Å². The van der Waals surface area contributed by atoms with Crippen LogP contribution in [0.2, 0.25) is 0 Å². The number of aliphatic imine (C=N–C) groups is 1. The van der Waals surface area contributed by atoms with E-state index in [1.165, 1.54) is 22.6 Å². The van der Waals surface area contributed by atoms with E-state index in [1.807, 2.05) is 13.0 Å². The third-order valence-corrected chi connectivity index (χ3v) is 2.83. The summed E-state index contributed by atoms with van der Waals surface area (Å²) in [5.74, 6) is 0. The van der Waals surface area contributed by atoms with Crippen molar-refractivity contribution in [1.82, 2.24) is 0 Å². The Hall–Kier alpha value is -1.34. The van der Waals surface area contributed by atoms with E-state index in [0.717, 1.165) is 11.4 Å². The topological polar surface area (TPSA) is 45.4 Å². The molecule has 0 aliphatic rings. The number of rotatable bonds is 4. The highest BCUT2D eigenvalue weighted by molar-refractivity contribution is 7.16. The minimum atomic E-state index is 0.595. The highest BCUT2D eigenvalue weighted by atomic mass is 32.1. The molecule has 0 atom stereocenters. The highest BCUT2D eigenvalue weighted by Gasteiger charge is 2.05. The van der Waals surface area contributed by atoms with E-state index >= 15 is 0 Å². The van der Waals surface area contributed by atoms with Gasteiger partial charge < -0.3 is 4.74 Å². The molecule has 0 aliphatic carbocycles. The van der Waals surface area contributed by atoms with E-state index in [2.05, 4.69) is 18.0 Å². The lowest BCUT2D eigenvalue weighted by atomic mass is 10.3. The maximum absolute atomic E-state index is 8.83. The van der Waals surface area contributed by atoms with Gasteiger partial charge in [-0.3, -0.25) is 0 Å². The van der Waals surface area contributed by atoms with Crippen molar-refractivity contribution in [3.8, 4) is 6.07 Å². The lowest BCUT2D eigenvalue weighted by Gasteiger charge is -1.90. The molecule has 0 spiro atoms. The van der Waals surface area contributed by atoms with Gasteiger partial charge in [-0.2, -0.15) is 5.26 Å². The Kier molecular flexibility index (Phi) is 4.14. The van der Waals surface area contributed by atoms with Gasteiger partial charge in [0.05, 0.1) is 12.2 Å². The smallest absolute Gasteiger partial charge is 0.175 e. The van der Waals surface area contributed by atoms with Gasteiger partial charge >= 0.3 is 0 Å². The Bertz CT molecular complexity index is 363. The molecule has 0 bridgehead atoms. The summed E-state index contributed by atoms with van der Waals surface area (Å²) in [5.41, 5.74) is 0.628. The van der Waals surface area contributed by atoms with Crippen LogP contribution in [-0.2, 0) is 11.2 Å². The van der Waals surface area contributed by atoms with E-state index in [0.29, 0.717) is 12.2 Å². The highest BCUT2D eigenvalue weighted by Crippen LogP contribution is 2.30. The van der Waals surface area contributed by atoms with Gasteiger partial charge in [-0.05, 0) is 19.4 Å². The Morgan fingerprint density at radius 1 is 1.64 bits per heavy atom. The Labute approximate surface area is 87.7 Å². The molecule has 14 heavy (non-hydrogen) atoms. The Balaban J connectivity index is 2.85. The van der Waals surface area contributed by atoms with Gasteiger partial charge in [0.15, 0.2) is 6.40 Å². The first-order chi connectivity index (χ1) is 6.81. The SMILES string of the molecule is CCO/C=N/c1sc(CC)cc1C#N. The van der Waals surface area contributed by atoms with Crippen molar-refractivity contribution < 1.29 is 4.74 Å². The zero-order chi connectivity index (χ0) is 10.4. The van der Waals surface area contributed by atoms with Gasteiger partial charge in [0.1, 0.15) is 11.1 Å². The maximum atomic E-state index is 8.83. The Morgan fingerprint density at radius 3 is 3.00 bits per heavy atom. The second kappa shape index (κ2) is 5.40. The van der Waals surface area contributed by atoms with E-state index in [4.69, 9.17) is 10.00 Å². The lowest BCUT2D eigenvalue weighted by molar-refractivity contribution is 0.344. The molecule has 0 aromatic carbocycles. The summed E-state index contributed by atoms with van der Waals surface area (Å²) >= 11 is 1.53. The summed E-state index contributed by atoms with van der Waals surface area (Å²) in [6.07, 6.45) is 2.33. The number of hydrogen-bond donors (Lipinski definition) is 0. The second-order valence-electron chi connectivity index (χ2n) is 2.59. The van der Waals surface area contributed by atoms with E-state index in [1.54, 1.807) is 0 Å². The van der Waals surface area contributed by atoms with Crippen molar-refractivity contribution >= 4 is 22.7 Å². The predicted molar refractivity (Wildman–Crippen MR) is 58.2 cm³/mol. The third-order valence-electron chi connectivity index (χ3n) is 1.64. The van der Waals surface area contributed by atoms with E-state index in [9.17, 15) is 0 Å². The van der Waals surface area contributed by atoms with Crippen LogP contribution in [0.25, 0.3) is 0 Å². The maximum Gasteiger partial charge on any atom is 0.175 e. The quantitative estimate of drug-likeness (QED) is 0.564. The van der Waals surface area contributed by atoms with Gasteiger partial charge in [-0.15, -0.1) is 11.3 Å². The summed E-state index contributed by atoms with van der Waals surface area (Å²) in [6, 6.07) is 4.00. The minimum absolute atomic E-state index is 0.595. The van der Waals surface area contributed by atoms with Crippen molar-refractivity contribution in [2.45, 2.75) is 20.3 Å². The first kappa shape index (κ1) is 10.7. The Morgan fingerprint density at radius 2 is 2.43 bits per heavy atom. The molecule has 3 nitrogen and oxygen atoms in total. The van der Waals surface area contributed by atoms with Crippen molar-refractivity contribution in [3.05, 3.63) is 16.5 Å². The van der Waals surface area contributed by atoms with Crippen molar-refractivity contribution in [2.24, 2.45) is 4.99 Å². The average Bonchev–Trinajstić information content (AvgIpc) is 2.61. The zero-order valence-corrected chi connectivity index (χ0v) is 9.10. The largest absolute Gasteiger partial charge is 0.483 e. The molecule has 74 valence electrons. The van der Waals surface area contributed by atoms with Gasteiger partial charge in [0.2, 0.25) is 0 Å². The molecule has 0 amide bonds. The fourth-order valence-corrected chi connectivity index (χ4v) is 1.82. The molecule has 0 fully saturated rings. The van der Waals surface area contributed by atoms with Crippen LogP contribution in [0.4, 0.5) is 5.00 Å². The standard InChI is InChI=1S/C10H12N2OS/c1-3-9-5-8(6-11)10(14-9)12-7-13-4-2/h5,7H,3-4H2,1-2H3/b12-7+. The van der Waals surface area contributed by atoms with Crippen LogP contribution in [-0.4, -0.2) is 13.0 Å². The van der Waals surface area contributed by atoms with Crippen LogP contribution in [0.1, 0.15) is 24.3 Å². The molecule has 1 aromatic heterocycles. The van der Waals surface area contributed by atoms with E-state index in [-0.39, 0.29) is 0 Å². The molecule has 1 rings (SSSR count). The summed E-state index contributed by atoms with van der Waals surface area (Å²) in [6.45, 7) is 4.55. The molecular formula is C10H12N2OS. The molecular weight excluding hydrogens is 196 g/mol. The summed E-state index contributed by atoms with van der Waals surface area (Å²) in [4.78, 5) is 5.26. The number of aryl methyl sites for hydroxylation is 1. The number of thiophene rings is 1. The van der Waals surface area contributed by atoms with Crippen LogP contribution in [0.3, 0.4) is 0 Å². The molecule has 0 aliphatic heterocycles. The second-order valence-corrected chi connectivity index (χ2v) is 3.70. The number of ether oxygens (including phenoxy) is 1. The molecule has 0 saturated heterocycles. The van der Waals surface area contributed by atoms with Crippen LogP contribution in [0, 0.1) is 11.3 Å². The van der Waals surface area contributed by atoms with Gasteiger partial charge in [0, 0.05) is 4.88 Å². The van der Waals surface area contributed by atoms with Crippen molar-refractivity contribution in [1.29, 1.82) is 5.26 Å². The first-order valence-corrected chi connectivity index (χ1v) is 5.30. The average molecular weight is 208 g/mol. The minimum Gasteiger partial charge on any atom is -0.483 e. The van der Waals surface area contributed by atoms with E-state index < -0.39 is 0 Å². The third kappa shape index (κ3) is 2.57. The van der Waals surface area contributed by atoms with Crippen LogP contribution in [0.15, 0.2) is 11.1 Å². The fraction of sp³-hybridized carbons (Fsp3) is 0.400. The number of nitriles is 1. The summed E-state index contributed by atoms with van der Waals surface area (Å²) in [7, 11) is 0. The van der Waals surface area contributed by atoms with Gasteiger partial charge in [-0.1, -0.05) is 6.92 Å². The van der Waals surface area contributed by atoms with Crippen molar-refractivity contribution in [2.75, 3.05) is 6.61 Å². The van der Waals surface area contributed by atoms with Gasteiger partial charge in [0.25, 0.3) is 0 Å². The normalized spacial score (nSPS) is 10.4. The molecule has 0 radical (unpaired) electrons. The fourth-order valence-electron chi connectivity index (χ4n) is 0.941. The molecule has 0 unspecified atom stereocenters. The molecule has 4 heteroatoms. The lowest BCUT2D eigenvalue weighted by Crippen LogP contribution is -1.83. The summed E-state index contributed by atoms with van der Waals surface area (Å²) in [5, 5.41) is 9.56. The predicted octanol–water partition coefficient (Wildman–Crippen LogP) is 2.88. The zero-order valence-electron chi connectivity index (χ0n) is 8.28. The summed E-state index contributed by atoms with van der Waals surface area (Å²) < 4.78 is 4.99. The van der Waals surface area contributed by atoms with Crippen LogP contribution >= 0.6 is 11.3 Å². The molecule has 1 aromatic rings. The molecule has 1 heterocycles. The molecule has 0 N–H and O–H groups in total. The van der Waals surface area contributed by atoms with Crippen molar-refractivity contribution in [3.63, 3.8) is 0 Å². The van der Waals surface area contributed by atoms with Crippen LogP contribution in [0.5, 0.6) is 0 Å². The first-order valence-electron chi connectivity index (χ1n) is 4.48. The van der Waals surface area contributed by atoms with Gasteiger partial charge in [-0.25, -0.2) is 4.99 Å². The molecule has 0 saturated carbocycles. The monoisotopic (exact) mass is 208 g/mol.